The van der Waals surface area contributed by atoms with Gasteiger partial charge in [0.2, 0.25) is 0 Å². The Bertz CT molecular complexity index is 1290. The molecule has 0 radical (unpaired) electrons. The molecular weight excluding hydrogens is 458 g/mol. The maximum absolute atomic E-state index is 12.6. The normalized spacial score (nSPS) is 18.1. The zero-order chi connectivity index (χ0) is 26.3. The summed E-state index contributed by atoms with van der Waals surface area (Å²) in [5.74, 6) is -0.136. The number of nitrogens with two attached hydrogens (primary N) is 2. The van der Waals surface area contributed by atoms with Gasteiger partial charge in [-0.15, -0.1) is 0 Å². The zero-order valence-corrected chi connectivity index (χ0v) is 21.3. The molecular formula is C27H33N5O4. The molecule has 1 unspecified atom stereocenters. The highest BCUT2D eigenvalue weighted by Gasteiger charge is 2.48. The van der Waals surface area contributed by atoms with Crippen LogP contribution in [0.15, 0.2) is 48.5 Å². The highest BCUT2D eigenvalue weighted by Crippen LogP contribution is 2.46. The van der Waals surface area contributed by atoms with Crippen LogP contribution in [0.4, 0.5) is 5.82 Å². The van der Waals surface area contributed by atoms with Gasteiger partial charge in [-0.1, -0.05) is 36.4 Å². The van der Waals surface area contributed by atoms with E-state index in [1.54, 1.807) is 22.9 Å². The molecule has 0 spiro atoms. The molecule has 9 nitrogen and oxygen atoms in total. The topological polar surface area (TPSA) is 134 Å². The summed E-state index contributed by atoms with van der Waals surface area (Å²) < 4.78 is 13.1. The maximum atomic E-state index is 12.6. The van der Waals surface area contributed by atoms with Gasteiger partial charge in [0.1, 0.15) is 22.8 Å². The first-order chi connectivity index (χ1) is 16.9. The second kappa shape index (κ2) is 9.31. The number of aromatic nitrogens is 2. The Morgan fingerprint density at radius 1 is 1.14 bits per heavy atom. The summed E-state index contributed by atoms with van der Waals surface area (Å²) in [6.45, 7) is 8.35. The van der Waals surface area contributed by atoms with Crippen molar-refractivity contribution in [3.8, 4) is 17.0 Å². The predicted octanol–water partition coefficient (Wildman–Crippen LogP) is 3.69. The summed E-state index contributed by atoms with van der Waals surface area (Å²) in [5.41, 5.74) is 13.9. The lowest BCUT2D eigenvalue weighted by atomic mass is 9.94. The second-order valence-electron chi connectivity index (χ2n) is 10.2. The van der Waals surface area contributed by atoms with E-state index in [9.17, 15) is 9.59 Å². The lowest BCUT2D eigenvalue weighted by Crippen LogP contribution is -2.32. The molecule has 1 saturated heterocycles. The van der Waals surface area contributed by atoms with Crippen molar-refractivity contribution in [2.45, 2.75) is 57.9 Å². The molecule has 2 aromatic carbocycles. The molecule has 1 atom stereocenters. The minimum absolute atomic E-state index is 0.163. The number of nitrogens with zero attached hydrogens (tertiary/aromatic N) is 2. The fourth-order valence-corrected chi connectivity index (χ4v) is 4.93. The third-order valence-corrected chi connectivity index (χ3v) is 6.55. The van der Waals surface area contributed by atoms with Gasteiger partial charge in [0, 0.05) is 18.5 Å². The summed E-state index contributed by atoms with van der Waals surface area (Å²) >= 11 is 0. The molecule has 1 aromatic heterocycles. The Labute approximate surface area is 210 Å². The monoisotopic (exact) mass is 491 g/mol. The SMILES string of the molecule is COc1ccccc1C(=O)NCc1ccc(-c2nn(C3CC(C)(C)OC3(C)C)c(N)c2C(N)=O)cc1. The Kier molecular flexibility index (Phi) is 6.53. The molecule has 0 saturated carbocycles. The first-order valence-electron chi connectivity index (χ1n) is 11.8. The molecule has 3 aromatic rings. The van der Waals surface area contributed by atoms with Gasteiger partial charge in [-0.05, 0) is 45.4 Å². The van der Waals surface area contributed by atoms with E-state index >= 15 is 0 Å². The van der Waals surface area contributed by atoms with E-state index in [2.05, 4.69) is 5.32 Å². The average molecular weight is 492 g/mol. The van der Waals surface area contributed by atoms with Crippen molar-refractivity contribution in [2.24, 2.45) is 5.73 Å². The molecule has 1 fully saturated rings. The standard InChI is InChI=1S/C27H33N5O4/c1-26(2)14-20(27(3,4)36-26)32-23(28)21(24(29)33)22(31-32)17-12-10-16(11-13-17)15-30-25(34)18-8-6-7-9-19(18)35-5/h6-13,20H,14-15,28H2,1-5H3,(H2,29,33)(H,30,34). The van der Waals surface area contributed by atoms with Gasteiger partial charge in [-0.25, -0.2) is 4.68 Å². The first-order valence-corrected chi connectivity index (χ1v) is 11.8. The van der Waals surface area contributed by atoms with E-state index in [0.29, 0.717) is 35.5 Å². The highest BCUT2D eigenvalue weighted by atomic mass is 16.5. The second-order valence-corrected chi connectivity index (χ2v) is 10.2. The van der Waals surface area contributed by atoms with Crippen molar-refractivity contribution in [1.82, 2.24) is 15.1 Å². The zero-order valence-electron chi connectivity index (χ0n) is 21.3. The number of rotatable bonds is 7. The smallest absolute Gasteiger partial charge is 0.255 e. The van der Waals surface area contributed by atoms with Gasteiger partial charge < -0.3 is 26.3 Å². The minimum atomic E-state index is -0.641. The van der Waals surface area contributed by atoms with E-state index in [1.807, 2.05) is 58.0 Å². The predicted molar refractivity (Wildman–Crippen MR) is 138 cm³/mol. The van der Waals surface area contributed by atoms with Gasteiger partial charge >= 0.3 is 0 Å². The molecule has 4 rings (SSSR count). The van der Waals surface area contributed by atoms with Crippen LogP contribution in [0.1, 0.15) is 66.4 Å². The highest BCUT2D eigenvalue weighted by molar-refractivity contribution is 6.03. The van der Waals surface area contributed by atoms with Gasteiger partial charge in [0.15, 0.2) is 0 Å². The van der Waals surface area contributed by atoms with Crippen molar-refractivity contribution < 1.29 is 19.1 Å². The lowest BCUT2D eigenvalue weighted by molar-refractivity contribution is -0.0735. The number of ether oxygens (including phenoxy) is 2. The summed E-state index contributed by atoms with van der Waals surface area (Å²) in [4.78, 5) is 25.0. The molecule has 1 aliphatic rings. The summed E-state index contributed by atoms with van der Waals surface area (Å²) in [6, 6.07) is 14.3. The van der Waals surface area contributed by atoms with E-state index in [4.69, 9.17) is 26.0 Å². The number of anilines is 1. The molecule has 0 aliphatic carbocycles. The third-order valence-electron chi connectivity index (χ3n) is 6.55. The number of methoxy groups -OCH3 is 1. The van der Waals surface area contributed by atoms with Crippen molar-refractivity contribution in [3.05, 3.63) is 65.2 Å². The van der Waals surface area contributed by atoms with Crippen LogP contribution in [0, 0.1) is 0 Å². The van der Waals surface area contributed by atoms with Gasteiger partial charge in [-0.2, -0.15) is 5.10 Å². The average Bonchev–Trinajstić information content (AvgIpc) is 3.28. The number of hydrogen-bond donors (Lipinski definition) is 3. The molecule has 36 heavy (non-hydrogen) atoms. The van der Waals surface area contributed by atoms with Crippen LogP contribution in [-0.2, 0) is 11.3 Å². The summed E-state index contributed by atoms with van der Waals surface area (Å²) in [6.07, 6.45) is 0.689. The largest absolute Gasteiger partial charge is 0.496 e. The van der Waals surface area contributed by atoms with Gasteiger partial charge in [-0.3, -0.25) is 9.59 Å². The van der Waals surface area contributed by atoms with Crippen LogP contribution in [0.5, 0.6) is 5.75 Å². The number of amides is 2. The number of primary amides is 1. The number of carbonyl (C=O) groups is 2. The van der Waals surface area contributed by atoms with E-state index < -0.39 is 11.5 Å². The summed E-state index contributed by atoms with van der Waals surface area (Å²) in [7, 11) is 1.53. The van der Waals surface area contributed by atoms with Crippen LogP contribution in [0.2, 0.25) is 0 Å². The van der Waals surface area contributed by atoms with E-state index in [-0.39, 0.29) is 28.9 Å². The van der Waals surface area contributed by atoms with Crippen molar-refractivity contribution in [1.29, 1.82) is 0 Å². The van der Waals surface area contributed by atoms with Crippen LogP contribution in [0.25, 0.3) is 11.3 Å². The Hall–Kier alpha value is -3.85. The van der Waals surface area contributed by atoms with Crippen LogP contribution in [-0.4, -0.2) is 39.9 Å². The first kappa shape index (κ1) is 25.2. The molecule has 2 amide bonds. The number of nitrogens with one attached hydrogen (secondary N) is 1. The number of nitrogen functional groups attached to an aromatic ring is 1. The molecule has 9 heteroatoms. The Morgan fingerprint density at radius 2 is 1.81 bits per heavy atom. The van der Waals surface area contributed by atoms with Crippen molar-refractivity contribution >= 4 is 17.6 Å². The van der Waals surface area contributed by atoms with Crippen LogP contribution < -0.4 is 21.5 Å². The van der Waals surface area contributed by atoms with E-state index in [1.165, 1.54) is 7.11 Å². The fraction of sp³-hybridized carbons (Fsp3) is 0.370. The third kappa shape index (κ3) is 4.79. The number of para-hydroxylation sites is 1. The van der Waals surface area contributed by atoms with E-state index in [0.717, 1.165) is 5.56 Å². The van der Waals surface area contributed by atoms with Crippen LogP contribution >= 0.6 is 0 Å². The molecule has 1 aliphatic heterocycles. The van der Waals surface area contributed by atoms with Crippen molar-refractivity contribution in [3.63, 3.8) is 0 Å². The lowest BCUT2D eigenvalue weighted by Gasteiger charge is -2.27. The quantitative estimate of drug-likeness (QED) is 0.461. The molecule has 2 heterocycles. The number of carbonyl (C=O) groups excluding carboxylic acids is 2. The van der Waals surface area contributed by atoms with Gasteiger partial charge in [0.05, 0.1) is 29.9 Å². The summed E-state index contributed by atoms with van der Waals surface area (Å²) in [5, 5.41) is 7.63. The fourth-order valence-electron chi connectivity index (χ4n) is 4.93. The minimum Gasteiger partial charge on any atom is -0.496 e. The van der Waals surface area contributed by atoms with Gasteiger partial charge in [0.25, 0.3) is 11.8 Å². The Morgan fingerprint density at radius 3 is 2.39 bits per heavy atom. The van der Waals surface area contributed by atoms with Crippen LogP contribution in [0.3, 0.4) is 0 Å². The maximum Gasteiger partial charge on any atom is 0.255 e. The molecule has 5 N–H and O–H groups in total. The van der Waals surface area contributed by atoms with Crippen molar-refractivity contribution in [2.75, 3.05) is 12.8 Å². The number of benzene rings is 2. The molecule has 190 valence electrons. The number of hydrogen-bond acceptors (Lipinski definition) is 6. The Balaban J connectivity index is 1.57. The molecule has 0 bridgehead atoms.